The number of aliphatic carboxylic acids is 1. The van der Waals surface area contributed by atoms with Gasteiger partial charge in [0.05, 0.1) is 22.8 Å². The summed E-state index contributed by atoms with van der Waals surface area (Å²) in [5.74, 6) is -1.87. The van der Waals surface area contributed by atoms with Crippen LogP contribution in [0.25, 0.3) is 0 Å². The van der Waals surface area contributed by atoms with Crippen LogP contribution in [0.4, 0.5) is 0 Å². The summed E-state index contributed by atoms with van der Waals surface area (Å²) in [5.41, 5.74) is 0.442. The van der Waals surface area contributed by atoms with Gasteiger partial charge in [-0.05, 0) is 60.1 Å². The van der Waals surface area contributed by atoms with Crippen LogP contribution in [-0.2, 0) is 19.4 Å². The molecule has 0 bridgehead atoms. The first-order valence-corrected chi connectivity index (χ1v) is 14.9. The maximum atomic E-state index is 13.5. The molecule has 5 atom stereocenters. The van der Waals surface area contributed by atoms with Crippen molar-refractivity contribution in [3.05, 3.63) is 69.7 Å². The minimum atomic E-state index is -3.52. The van der Waals surface area contributed by atoms with E-state index in [1.165, 1.54) is 0 Å². The molecule has 9 heteroatoms. The zero-order chi connectivity index (χ0) is 27.5. The van der Waals surface area contributed by atoms with Gasteiger partial charge in [0, 0.05) is 22.0 Å². The van der Waals surface area contributed by atoms with Gasteiger partial charge in [0.15, 0.2) is 9.84 Å². The average Bonchev–Trinajstić information content (AvgIpc) is 2.78. The zero-order valence-electron chi connectivity index (χ0n) is 21.6. The highest BCUT2D eigenvalue weighted by atomic mass is 35.5. The van der Waals surface area contributed by atoms with Gasteiger partial charge in [-0.25, -0.2) is 8.42 Å². The molecule has 1 heterocycles. The number of nitrogens with one attached hydrogen (secondary N) is 1. The van der Waals surface area contributed by atoms with Crippen molar-refractivity contribution in [3.63, 3.8) is 0 Å². The Morgan fingerprint density at radius 2 is 1.76 bits per heavy atom. The van der Waals surface area contributed by atoms with Crippen molar-refractivity contribution in [2.75, 3.05) is 5.75 Å². The van der Waals surface area contributed by atoms with Crippen molar-refractivity contribution >= 4 is 44.9 Å². The molecule has 37 heavy (non-hydrogen) atoms. The van der Waals surface area contributed by atoms with Crippen molar-refractivity contribution in [1.29, 1.82) is 0 Å². The molecular weight excluding hydrogens is 533 g/mol. The lowest BCUT2D eigenvalue weighted by Gasteiger charge is -2.45. The van der Waals surface area contributed by atoms with Gasteiger partial charge in [0.25, 0.3) is 0 Å². The van der Waals surface area contributed by atoms with Crippen LogP contribution in [0.1, 0.15) is 69.3 Å². The second kappa shape index (κ2) is 11.7. The lowest BCUT2D eigenvalue weighted by molar-refractivity contribution is -0.147. The van der Waals surface area contributed by atoms with Gasteiger partial charge in [-0.3, -0.25) is 9.59 Å². The largest absolute Gasteiger partial charge is 0.481 e. The van der Waals surface area contributed by atoms with Crippen LogP contribution < -0.4 is 5.32 Å². The van der Waals surface area contributed by atoms with Crippen LogP contribution in [-0.4, -0.2) is 37.2 Å². The fraction of sp³-hybridized carbons (Fsp3) is 0.500. The second-order valence-corrected chi connectivity index (χ2v) is 14.1. The molecule has 2 aromatic rings. The molecule has 1 amide bonds. The highest BCUT2D eigenvalue weighted by molar-refractivity contribution is 7.91. The quantitative estimate of drug-likeness (QED) is 0.351. The van der Waals surface area contributed by atoms with Crippen LogP contribution in [0.2, 0.25) is 10.0 Å². The van der Waals surface area contributed by atoms with Crippen LogP contribution in [0.5, 0.6) is 0 Å². The predicted molar refractivity (Wildman–Crippen MR) is 148 cm³/mol. The van der Waals surface area contributed by atoms with Crippen molar-refractivity contribution in [1.82, 2.24) is 5.32 Å². The summed E-state index contributed by atoms with van der Waals surface area (Å²) in [5, 5.41) is 12.8. The number of amides is 1. The molecule has 3 rings (SSSR count). The Morgan fingerprint density at radius 1 is 1.11 bits per heavy atom. The van der Waals surface area contributed by atoms with Gasteiger partial charge in [0.1, 0.15) is 0 Å². The SMILES string of the molecule is CC(C)CS(=O)(=O)[C@@H](CC(C)[C@@H]1NC(=O)[C@](C)(CC(=O)O)C[C@@H]1c1cccc(Cl)c1)c1ccc(Cl)cc1. The van der Waals surface area contributed by atoms with Gasteiger partial charge in [-0.15, -0.1) is 0 Å². The Morgan fingerprint density at radius 3 is 2.32 bits per heavy atom. The van der Waals surface area contributed by atoms with E-state index in [0.29, 0.717) is 22.0 Å². The Bertz CT molecular complexity index is 1230. The highest BCUT2D eigenvalue weighted by Crippen LogP contribution is 2.45. The average molecular weight is 569 g/mol. The molecule has 1 aliphatic heterocycles. The normalized spacial score (nSPS) is 23.9. The van der Waals surface area contributed by atoms with E-state index in [0.717, 1.165) is 5.56 Å². The lowest BCUT2D eigenvalue weighted by atomic mass is 9.67. The number of carbonyl (C=O) groups is 2. The first kappa shape index (κ1) is 29.5. The third kappa shape index (κ3) is 7.27. The van der Waals surface area contributed by atoms with Gasteiger partial charge >= 0.3 is 5.97 Å². The Hall–Kier alpha value is -2.09. The van der Waals surface area contributed by atoms with Crippen molar-refractivity contribution in [2.45, 2.75) is 64.2 Å². The fourth-order valence-corrected chi connectivity index (χ4v) is 8.11. The van der Waals surface area contributed by atoms with E-state index in [2.05, 4.69) is 5.32 Å². The second-order valence-electron chi connectivity index (χ2n) is 11.0. The molecule has 0 saturated carbocycles. The summed E-state index contributed by atoms with van der Waals surface area (Å²) >= 11 is 12.4. The molecule has 0 aromatic heterocycles. The maximum absolute atomic E-state index is 13.5. The van der Waals surface area contributed by atoms with Crippen LogP contribution in [0.3, 0.4) is 0 Å². The van der Waals surface area contributed by atoms with E-state index in [4.69, 9.17) is 23.2 Å². The van der Waals surface area contributed by atoms with Gasteiger partial charge < -0.3 is 10.4 Å². The zero-order valence-corrected chi connectivity index (χ0v) is 23.9. The van der Waals surface area contributed by atoms with Crippen molar-refractivity contribution in [3.8, 4) is 0 Å². The number of piperidine rings is 1. The molecule has 0 spiro atoms. The molecule has 1 fully saturated rings. The third-order valence-corrected chi connectivity index (χ3v) is 10.2. The number of hydrogen-bond acceptors (Lipinski definition) is 4. The molecule has 1 saturated heterocycles. The standard InChI is InChI=1S/C28H35Cl2NO5S/c1-17(2)16-37(35,36)24(19-8-10-21(29)11-9-19)12-18(3)26-23(20-6-5-7-22(30)13-20)14-28(4,15-25(32)33)27(34)31-26/h5-11,13,17-18,23-24,26H,12,14-16H2,1-4H3,(H,31,34)(H,32,33)/t18?,23-,24+,26+,28+/m1/s1. The smallest absolute Gasteiger partial charge is 0.304 e. The first-order valence-electron chi connectivity index (χ1n) is 12.5. The molecule has 0 radical (unpaired) electrons. The Balaban J connectivity index is 2.00. The molecule has 2 N–H and O–H groups in total. The Kier molecular flexibility index (Phi) is 9.36. The number of benzene rings is 2. The van der Waals surface area contributed by atoms with E-state index < -0.39 is 32.5 Å². The summed E-state index contributed by atoms with van der Waals surface area (Å²) in [6.45, 7) is 7.36. The topological polar surface area (TPSA) is 101 Å². The molecule has 2 aromatic carbocycles. The number of carbonyl (C=O) groups excluding carboxylic acids is 1. The number of carboxylic acid groups (broad SMARTS) is 1. The van der Waals surface area contributed by atoms with E-state index in [9.17, 15) is 23.1 Å². The minimum Gasteiger partial charge on any atom is -0.481 e. The summed E-state index contributed by atoms with van der Waals surface area (Å²) in [6.07, 6.45) is 0.298. The van der Waals surface area contributed by atoms with E-state index in [-0.39, 0.29) is 42.3 Å². The minimum absolute atomic E-state index is 0.0401. The van der Waals surface area contributed by atoms with E-state index >= 15 is 0 Å². The molecule has 6 nitrogen and oxygen atoms in total. The van der Waals surface area contributed by atoms with E-state index in [1.807, 2.05) is 39.0 Å². The Labute approximate surface area is 229 Å². The summed E-state index contributed by atoms with van der Waals surface area (Å²) in [4.78, 5) is 24.8. The van der Waals surface area contributed by atoms with Crippen LogP contribution in [0, 0.1) is 17.3 Å². The maximum Gasteiger partial charge on any atom is 0.304 e. The van der Waals surface area contributed by atoms with Gasteiger partial charge in [-0.1, -0.05) is 75.2 Å². The molecule has 202 valence electrons. The van der Waals surface area contributed by atoms with Crippen molar-refractivity contribution < 1.29 is 23.1 Å². The number of halogens is 2. The fourth-order valence-electron chi connectivity index (χ4n) is 5.45. The highest BCUT2D eigenvalue weighted by Gasteiger charge is 2.48. The third-order valence-electron chi connectivity index (χ3n) is 7.21. The lowest BCUT2D eigenvalue weighted by Crippen LogP contribution is -2.56. The molecule has 0 aliphatic carbocycles. The first-order chi connectivity index (χ1) is 17.2. The number of carboxylic acids is 1. The monoisotopic (exact) mass is 567 g/mol. The number of rotatable bonds is 10. The number of hydrogen-bond donors (Lipinski definition) is 2. The van der Waals surface area contributed by atoms with Gasteiger partial charge in [-0.2, -0.15) is 0 Å². The van der Waals surface area contributed by atoms with Gasteiger partial charge in [0.2, 0.25) is 5.91 Å². The molecular formula is C28H35Cl2NO5S. The van der Waals surface area contributed by atoms with Crippen LogP contribution in [0.15, 0.2) is 48.5 Å². The molecule has 1 unspecified atom stereocenters. The van der Waals surface area contributed by atoms with E-state index in [1.54, 1.807) is 37.3 Å². The molecule has 1 aliphatic rings. The summed E-state index contributed by atoms with van der Waals surface area (Å²) in [6, 6.07) is 13.8. The summed E-state index contributed by atoms with van der Waals surface area (Å²) in [7, 11) is -3.52. The summed E-state index contributed by atoms with van der Waals surface area (Å²) < 4.78 is 27.1. The number of sulfone groups is 1. The van der Waals surface area contributed by atoms with Crippen molar-refractivity contribution in [2.24, 2.45) is 17.3 Å². The van der Waals surface area contributed by atoms with Crippen LogP contribution >= 0.6 is 23.2 Å². The predicted octanol–water partition coefficient (Wildman–Crippen LogP) is 6.28.